The van der Waals surface area contributed by atoms with Crippen molar-refractivity contribution in [3.63, 3.8) is 0 Å². The second-order valence-corrected chi connectivity index (χ2v) is 6.03. The number of ether oxygens (including phenoxy) is 1. The summed E-state index contributed by atoms with van der Waals surface area (Å²) in [6, 6.07) is 1.88. The number of esters is 1. The second-order valence-electron chi connectivity index (χ2n) is 6.03. The standard InChI is InChI=1S/C16H21N5O3/c1-4-24-15(23)12-6-5-7-20(9-12)14(22)13-18-16-17-10(2)8-11(3)21(16)19-13/h8,12H,4-7,9H2,1-3H3. The van der Waals surface area contributed by atoms with Gasteiger partial charge in [0.15, 0.2) is 0 Å². The van der Waals surface area contributed by atoms with Crippen LogP contribution in [0.1, 0.15) is 41.8 Å². The van der Waals surface area contributed by atoms with E-state index in [1.807, 2.05) is 19.9 Å². The first-order valence-corrected chi connectivity index (χ1v) is 8.16. The highest BCUT2D eigenvalue weighted by Crippen LogP contribution is 2.19. The number of rotatable bonds is 3. The van der Waals surface area contributed by atoms with E-state index in [1.165, 1.54) is 0 Å². The van der Waals surface area contributed by atoms with Gasteiger partial charge in [-0.05, 0) is 39.7 Å². The SMILES string of the molecule is CCOC(=O)C1CCCN(C(=O)c2nc3nc(C)cc(C)n3n2)C1. The Morgan fingerprint density at radius 1 is 1.33 bits per heavy atom. The fourth-order valence-electron chi connectivity index (χ4n) is 3.01. The molecule has 2 aromatic rings. The summed E-state index contributed by atoms with van der Waals surface area (Å²) in [4.78, 5) is 34.8. The van der Waals surface area contributed by atoms with Crippen LogP contribution < -0.4 is 0 Å². The second kappa shape index (κ2) is 6.54. The van der Waals surface area contributed by atoms with E-state index in [4.69, 9.17) is 4.74 Å². The van der Waals surface area contributed by atoms with Crippen LogP contribution in [0.5, 0.6) is 0 Å². The highest BCUT2D eigenvalue weighted by atomic mass is 16.5. The minimum Gasteiger partial charge on any atom is -0.466 e. The molecule has 1 fully saturated rings. The van der Waals surface area contributed by atoms with Crippen molar-refractivity contribution < 1.29 is 14.3 Å². The monoisotopic (exact) mass is 331 g/mol. The summed E-state index contributed by atoms with van der Waals surface area (Å²) in [5, 5.41) is 4.27. The fourth-order valence-corrected chi connectivity index (χ4v) is 3.01. The van der Waals surface area contributed by atoms with Gasteiger partial charge in [0.25, 0.3) is 11.7 Å². The highest BCUT2D eigenvalue weighted by molar-refractivity contribution is 5.91. The highest BCUT2D eigenvalue weighted by Gasteiger charge is 2.31. The molecule has 0 aliphatic carbocycles. The van der Waals surface area contributed by atoms with Gasteiger partial charge in [0.05, 0.1) is 12.5 Å². The van der Waals surface area contributed by atoms with Crippen LogP contribution >= 0.6 is 0 Å². The van der Waals surface area contributed by atoms with E-state index in [0.717, 1.165) is 24.2 Å². The molecule has 0 N–H and O–H groups in total. The summed E-state index contributed by atoms with van der Waals surface area (Å²) in [6.45, 7) is 6.83. The molecular weight excluding hydrogens is 310 g/mol. The molecule has 1 saturated heterocycles. The molecule has 0 spiro atoms. The van der Waals surface area contributed by atoms with E-state index < -0.39 is 0 Å². The van der Waals surface area contributed by atoms with Crippen molar-refractivity contribution >= 4 is 17.7 Å². The summed E-state index contributed by atoms with van der Waals surface area (Å²) < 4.78 is 6.63. The molecule has 1 amide bonds. The molecule has 3 rings (SSSR count). The van der Waals surface area contributed by atoms with Crippen molar-refractivity contribution in [3.05, 3.63) is 23.3 Å². The summed E-state index contributed by atoms with van der Waals surface area (Å²) in [7, 11) is 0. The van der Waals surface area contributed by atoms with E-state index in [0.29, 0.717) is 25.5 Å². The van der Waals surface area contributed by atoms with Gasteiger partial charge in [-0.15, -0.1) is 5.10 Å². The Morgan fingerprint density at radius 3 is 2.88 bits per heavy atom. The Morgan fingerprint density at radius 2 is 2.12 bits per heavy atom. The molecular formula is C16H21N5O3. The molecule has 24 heavy (non-hydrogen) atoms. The van der Waals surface area contributed by atoms with E-state index in [2.05, 4.69) is 15.1 Å². The number of carbonyl (C=O) groups excluding carboxylic acids is 2. The van der Waals surface area contributed by atoms with Crippen molar-refractivity contribution in [2.75, 3.05) is 19.7 Å². The maximum Gasteiger partial charge on any atom is 0.310 e. The molecule has 3 heterocycles. The number of nitrogens with zero attached hydrogens (tertiary/aromatic N) is 5. The lowest BCUT2D eigenvalue weighted by atomic mass is 9.98. The molecule has 1 atom stereocenters. The van der Waals surface area contributed by atoms with Gasteiger partial charge >= 0.3 is 5.97 Å². The third-order valence-electron chi connectivity index (χ3n) is 4.14. The average molecular weight is 331 g/mol. The summed E-state index contributed by atoms with van der Waals surface area (Å²) in [6.07, 6.45) is 1.50. The Kier molecular flexibility index (Phi) is 4.46. The molecule has 1 aliphatic rings. The predicted molar refractivity (Wildman–Crippen MR) is 85.5 cm³/mol. The quantitative estimate of drug-likeness (QED) is 0.784. The van der Waals surface area contributed by atoms with Gasteiger partial charge in [-0.25, -0.2) is 9.50 Å². The lowest BCUT2D eigenvalue weighted by Crippen LogP contribution is -2.43. The van der Waals surface area contributed by atoms with Crippen molar-refractivity contribution in [2.45, 2.75) is 33.6 Å². The smallest absolute Gasteiger partial charge is 0.310 e. The average Bonchev–Trinajstić information content (AvgIpc) is 2.99. The number of aryl methyl sites for hydroxylation is 2. The lowest BCUT2D eigenvalue weighted by Gasteiger charge is -2.30. The van der Waals surface area contributed by atoms with Crippen molar-refractivity contribution in [3.8, 4) is 0 Å². The Hall–Kier alpha value is -2.51. The molecule has 8 nitrogen and oxygen atoms in total. The Balaban J connectivity index is 1.81. The van der Waals surface area contributed by atoms with E-state index in [1.54, 1.807) is 16.3 Å². The number of aromatic nitrogens is 4. The van der Waals surface area contributed by atoms with Crippen LogP contribution in [0.3, 0.4) is 0 Å². The van der Waals surface area contributed by atoms with Crippen molar-refractivity contribution in [1.29, 1.82) is 0 Å². The minimum absolute atomic E-state index is 0.112. The number of fused-ring (bicyclic) bond motifs is 1. The van der Waals surface area contributed by atoms with Gasteiger partial charge in [0.1, 0.15) is 0 Å². The molecule has 2 aromatic heterocycles. The lowest BCUT2D eigenvalue weighted by molar-refractivity contribution is -0.149. The van der Waals surface area contributed by atoms with E-state index in [9.17, 15) is 9.59 Å². The van der Waals surface area contributed by atoms with Crippen molar-refractivity contribution in [2.24, 2.45) is 5.92 Å². The number of piperidine rings is 1. The van der Waals surface area contributed by atoms with Crippen LogP contribution in [0.15, 0.2) is 6.07 Å². The minimum atomic E-state index is -0.276. The fraction of sp³-hybridized carbons (Fsp3) is 0.562. The molecule has 1 unspecified atom stereocenters. The first-order chi connectivity index (χ1) is 11.5. The van der Waals surface area contributed by atoms with Gasteiger partial charge in [0, 0.05) is 24.5 Å². The predicted octanol–water partition coefficient (Wildman–Crippen LogP) is 1.16. The largest absolute Gasteiger partial charge is 0.466 e. The van der Waals surface area contributed by atoms with E-state index in [-0.39, 0.29) is 23.6 Å². The topological polar surface area (TPSA) is 89.7 Å². The van der Waals surface area contributed by atoms with Crippen LogP contribution in [-0.2, 0) is 9.53 Å². The molecule has 128 valence electrons. The zero-order chi connectivity index (χ0) is 17.3. The van der Waals surface area contributed by atoms with Crippen LogP contribution in [0.2, 0.25) is 0 Å². The van der Waals surface area contributed by atoms with Gasteiger partial charge in [-0.2, -0.15) is 4.98 Å². The first kappa shape index (κ1) is 16.4. The number of likely N-dealkylation sites (tertiary alicyclic amines) is 1. The number of amides is 1. The Bertz CT molecular complexity index is 785. The number of hydrogen-bond acceptors (Lipinski definition) is 6. The first-order valence-electron chi connectivity index (χ1n) is 8.16. The van der Waals surface area contributed by atoms with Crippen LogP contribution in [-0.4, -0.2) is 56.1 Å². The number of carbonyl (C=O) groups is 2. The van der Waals surface area contributed by atoms with Gasteiger partial charge in [-0.3, -0.25) is 9.59 Å². The molecule has 8 heteroatoms. The van der Waals surface area contributed by atoms with E-state index >= 15 is 0 Å². The summed E-state index contributed by atoms with van der Waals surface area (Å²) >= 11 is 0. The normalized spacial score (nSPS) is 18.0. The van der Waals surface area contributed by atoms with Crippen LogP contribution in [0.4, 0.5) is 0 Å². The van der Waals surface area contributed by atoms with Crippen molar-refractivity contribution in [1.82, 2.24) is 24.5 Å². The number of hydrogen-bond donors (Lipinski definition) is 0. The maximum atomic E-state index is 12.7. The summed E-state index contributed by atoms with van der Waals surface area (Å²) in [5.41, 5.74) is 1.69. The Labute approximate surface area is 139 Å². The van der Waals surface area contributed by atoms with Gasteiger partial charge < -0.3 is 9.64 Å². The zero-order valence-corrected chi connectivity index (χ0v) is 14.2. The van der Waals surface area contributed by atoms with Gasteiger partial charge in [-0.1, -0.05) is 0 Å². The van der Waals surface area contributed by atoms with Crippen LogP contribution in [0, 0.1) is 19.8 Å². The molecule has 0 radical (unpaired) electrons. The van der Waals surface area contributed by atoms with Crippen LogP contribution in [0.25, 0.3) is 5.78 Å². The molecule has 0 saturated carbocycles. The zero-order valence-electron chi connectivity index (χ0n) is 14.2. The summed E-state index contributed by atoms with van der Waals surface area (Å²) in [5.74, 6) is -0.269. The molecule has 0 bridgehead atoms. The molecule has 1 aliphatic heterocycles. The maximum absolute atomic E-state index is 12.7. The third kappa shape index (κ3) is 3.08. The third-order valence-corrected chi connectivity index (χ3v) is 4.14. The van der Waals surface area contributed by atoms with Gasteiger partial charge in [0.2, 0.25) is 5.82 Å². The molecule has 0 aromatic carbocycles.